The molecule has 3 heterocycles. The molecule has 0 aliphatic carbocycles. The topological polar surface area (TPSA) is 76.9 Å². The fourth-order valence-corrected chi connectivity index (χ4v) is 3.91. The van der Waals surface area contributed by atoms with Crippen LogP contribution in [0, 0.1) is 20.8 Å². The van der Waals surface area contributed by atoms with E-state index in [0.29, 0.717) is 17.1 Å². The number of hydrogen-bond acceptors (Lipinski definition) is 6. The molecule has 0 aliphatic rings. The molecule has 1 amide bonds. The van der Waals surface area contributed by atoms with Crippen LogP contribution < -0.4 is 10.9 Å². The number of fused-ring (bicyclic) bond motifs is 1. The second-order valence-electron chi connectivity index (χ2n) is 5.28. The summed E-state index contributed by atoms with van der Waals surface area (Å²) in [4.78, 5) is 35.8. The number of amides is 1. The number of thiophene rings is 1. The molecule has 23 heavy (non-hydrogen) atoms. The van der Waals surface area contributed by atoms with Gasteiger partial charge in [-0.2, -0.15) is 0 Å². The van der Waals surface area contributed by atoms with E-state index >= 15 is 0 Å². The van der Waals surface area contributed by atoms with Gasteiger partial charge in [-0.25, -0.2) is 9.97 Å². The summed E-state index contributed by atoms with van der Waals surface area (Å²) in [5, 5.41) is 3.98. The van der Waals surface area contributed by atoms with Crippen LogP contribution in [0.2, 0.25) is 0 Å². The lowest BCUT2D eigenvalue weighted by molar-refractivity contribution is -0.116. The zero-order chi connectivity index (χ0) is 16.6. The molecule has 0 aromatic carbocycles. The van der Waals surface area contributed by atoms with Crippen molar-refractivity contribution < 1.29 is 4.79 Å². The van der Waals surface area contributed by atoms with E-state index in [0.717, 1.165) is 20.1 Å². The zero-order valence-electron chi connectivity index (χ0n) is 13.0. The molecule has 0 unspecified atom stereocenters. The predicted molar refractivity (Wildman–Crippen MR) is 93.5 cm³/mol. The molecule has 3 rings (SSSR count). The number of nitrogens with one attached hydrogen (secondary N) is 1. The Kier molecular flexibility index (Phi) is 4.27. The number of thiazole rings is 1. The fraction of sp³-hybridized carbons (Fsp3) is 0.333. The van der Waals surface area contributed by atoms with E-state index in [1.54, 1.807) is 6.20 Å². The molecule has 0 saturated carbocycles. The number of anilines is 1. The average Bonchev–Trinajstić information content (AvgIpc) is 3.03. The van der Waals surface area contributed by atoms with Crippen molar-refractivity contribution in [2.45, 2.75) is 33.7 Å². The van der Waals surface area contributed by atoms with Crippen molar-refractivity contribution in [3.05, 3.63) is 38.2 Å². The second-order valence-corrected chi connectivity index (χ2v) is 7.72. The SMILES string of the molecule is Cc1cnc(NC(=O)CCn2cnc3sc(C)c(C)c3c2=O)s1. The van der Waals surface area contributed by atoms with Gasteiger partial charge < -0.3 is 5.32 Å². The Labute approximate surface area is 140 Å². The third-order valence-electron chi connectivity index (χ3n) is 3.60. The largest absolute Gasteiger partial charge is 0.302 e. The van der Waals surface area contributed by atoms with Crippen LogP contribution in [0.3, 0.4) is 0 Å². The zero-order valence-corrected chi connectivity index (χ0v) is 14.7. The van der Waals surface area contributed by atoms with E-state index < -0.39 is 0 Å². The molecule has 0 radical (unpaired) electrons. The van der Waals surface area contributed by atoms with Crippen LogP contribution in [0.4, 0.5) is 5.13 Å². The van der Waals surface area contributed by atoms with Crippen LogP contribution in [0.1, 0.15) is 21.7 Å². The Bertz CT molecular complexity index is 939. The molecule has 0 atom stereocenters. The summed E-state index contributed by atoms with van der Waals surface area (Å²) < 4.78 is 1.49. The second kappa shape index (κ2) is 6.21. The third-order valence-corrected chi connectivity index (χ3v) is 5.55. The highest BCUT2D eigenvalue weighted by Crippen LogP contribution is 2.25. The Morgan fingerprint density at radius 1 is 1.26 bits per heavy atom. The summed E-state index contributed by atoms with van der Waals surface area (Å²) in [7, 11) is 0. The van der Waals surface area contributed by atoms with Gasteiger partial charge in [-0.3, -0.25) is 14.2 Å². The lowest BCUT2D eigenvalue weighted by atomic mass is 10.2. The van der Waals surface area contributed by atoms with Crippen molar-refractivity contribution in [3.63, 3.8) is 0 Å². The van der Waals surface area contributed by atoms with Gasteiger partial charge in [0.05, 0.1) is 11.7 Å². The fourth-order valence-electron chi connectivity index (χ4n) is 2.25. The summed E-state index contributed by atoms with van der Waals surface area (Å²) in [6.45, 7) is 6.14. The molecule has 0 aliphatic heterocycles. The lowest BCUT2D eigenvalue weighted by Gasteiger charge is -2.05. The smallest absolute Gasteiger partial charge is 0.262 e. The maximum atomic E-state index is 12.5. The summed E-state index contributed by atoms with van der Waals surface area (Å²) >= 11 is 2.94. The summed E-state index contributed by atoms with van der Waals surface area (Å²) in [6, 6.07) is 0. The summed E-state index contributed by atoms with van der Waals surface area (Å²) in [5.41, 5.74) is 0.884. The molecular formula is C15H16N4O2S2. The molecule has 120 valence electrons. The van der Waals surface area contributed by atoms with Crippen LogP contribution in [0.5, 0.6) is 0 Å². The predicted octanol–water partition coefficient (Wildman–Crippen LogP) is 2.87. The molecule has 6 nitrogen and oxygen atoms in total. The maximum Gasteiger partial charge on any atom is 0.262 e. The Morgan fingerprint density at radius 3 is 2.74 bits per heavy atom. The number of nitrogens with zero attached hydrogens (tertiary/aromatic N) is 3. The quantitative estimate of drug-likeness (QED) is 0.786. The Morgan fingerprint density at radius 2 is 2.04 bits per heavy atom. The van der Waals surface area contributed by atoms with E-state index in [1.165, 1.54) is 33.6 Å². The molecule has 0 saturated heterocycles. The minimum atomic E-state index is -0.162. The molecule has 8 heteroatoms. The van der Waals surface area contributed by atoms with Gasteiger partial charge in [0.15, 0.2) is 5.13 Å². The summed E-state index contributed by atoms with van der Waals surface area (Å²) in [6.07, 6.45) is 3.43. The molecule has 1 N–H and O–H groups in total. The van der Waals surface area contributed by atoms with Crippen molar-refractivity contribution >= 4 is 43.9 Å². The van der Waals surface area contributed by atoms with E-state index in [9.17, 15) is 9.59 Å². The van der Waals surface area contributed by atoms with Gasteiger partial charge in [0.1, 0.15) is 4.83 Å². The van der Waals surface area contributed by atoms with Crippen LogP contribution in [-0.2, 0) is 11.3 Å². The van der Waals surface area contributed by atoms with Gasteiger partial charge in [0.25, 0.3) is 5.56 Å². The highest BCUT2D eigenvalue weighted by molar-refractivity contribution is 7.18. The molecule has 3 aromatic heterocycles. The number of hydrogen-bond donors (Lipinski definition) is 1. The van der Waals surface area contributed by atoms with Gasteiger partial charge in [-0.1, -0.05) is 0 Å². The van der Waals surface area contributed by atoms with Gasteiger partial charge >= 0.3 is 0 Å². The van der Waals surface area contributed by atoms with Crippen molar-refractivity contribution in [2.75, 3.05) is 5.32 Å². The molecule has 0 spiro atoms. The number of aryl methyl sites for hydroxylation is 4. The number of carbonyl (C=O) groups is 1. The standard InChI is InChI=1S/C15H16N4O2S2/c1-8-6-16-15(22-8)18-11(20)4-5-19-7-17-13-12(14(19)21)9(2)10(3)23-13/h6-7H,4-5H2,1-3H3,(H,16,18,20). The molecular weight excluding hydrogens is 332 g/mol. The maximum absolute atomic E-state index is 12.5. The van der Waals surface area contributed by atoms with Crippen LogP contribution in [0.15, 0.2) is 17.3 Å². The van der Waals surface area contributed by atoms with E-state index in [1.807, 2.05) is 20.8 Å². The first-order valence-electron chi connectivity index (χ1n) is 7.13. The third kappa shape index (κ3) is 3.18. The van der Waals surface area contributed by atoms with Gasteiger partial charge in [-0.05, 0) is 26.3 Å². The number of aromatic nitrogens is 3. The van der Waals surface area contributed by atoms with Crippen LogP contribution in [-0.4, -0.2) is 20.4 Å². The van der Waals surface area contributed by atoms with Gasteiger partial charge in [0, 0.05) is 28.9 Å². The molecule has 3 aromatic rings. The first kappa shape index (κ1) is 15.8. The first-order chi connectivity index (χ1) is 11.0. The highest BCUT2D eigenvalue weighted by Gasteiger charge is 2.13. The first-order valence-corrected chi connectivity index (χ1v) is 8.76. The van der Waals surface area contributed by atoms with E-state index in [2.05, 4.69) is 15.3 Å². The van der Waals surface area contributed by atoms with Crippen molar-refractivity contribution in [2.24, 2.45) is 0 Å². The average molecular weight is 348 g/mol. The number of rotatable bonds is 4. The minimum absolute atomic E-state index is 0.0882. The Hall–Kier alpha value is -2.06. The van der Waals surface area contributed by atoms with Crippen LogP contribution in [0.25, 0.3) is 10.2 Å². The monoisotopic (exact) mass is 348 g/mol. The van der Waals surface area contributed by atoms with Gasteiger partial charge in [0.2, 0.25) is 5.91 Å². The van der Waals surface area contributed by atoms with Gasteiger partial charge in [-0.15, -0.1) is 22.7 Å². The lowest BCUT2D eigenvalue weighted by Crippen LogP contribution is -2.23. The van der Waals surface area contributed by atoms with Crippen molar-refractivity contribution in [1.82, 2.24) is 14.5 Å². The normalized spacial score (nSPS) is 11.1. The molecule has 0 bridgehead atoms. The molecule has 0 fully saturated rings. The Balaban J connectivity index is 1.74. The number of carbonyl (C=O) groups excluding carboxylic acids is 1. The van der Waals surface area contributed by atoms with E-state index in [-0.39, 0.29) is 17.9 Å². The van der Waals surface area contributed by atoms with E-state index in [4.69, 9.17) is 0 Å². The van der Waals surface area contributed by atoms with Crippen molar-refractivity contribution in [3.8, 4) is 0 Å². The summed E-state index contributed by atoms with van der Waals surface area (Å²) in [5.74, 6) is -0.162. The highest BCUT2D eigenvalue weighted by atomic mass is 32.1. The minimum Gasteiger partial charge on any atom is -0.302 e. The van der Waals surface area contributed by atoms with Crippen LogP contribution >= 0.6 is 22.7 Å². The van der Waals surface area contributed by atoms with Crippen molar-refractivity contribution in [1.29, 1.82) is 0 Å².